The highest BCUT2D eigenvalue weighted by molar-refractivity contribution is 6.06. The van der Waals surface area contributed by atoms with E-state index in [0.29, 0.717) is 23.7 Å². The molecule has 0 bridgehead atoms. The van der Waals surface area contributed by atoms with Gasteiger partial charge in [-0.2, -0.15) is 0 Å². The molecule has 26 heavy (non-hydrogen) atoms. The average Bonchev–Trinajstić information content (AvgIpc) is 3.15. The number of carbonyl (C=O) groups excluding carboxylic acids is 2. The van der Waals surface area contributed by atoms with Gasteiger partial charge in [0.2, 0.25) is 0 Å². The van der Waals surface area contributed by atoms with Crippen molar-refractivity contribution in [1.29, 1.82) is 0 Å². The summed E-state index contributed by atoms with van der Waals surface area (Å²) in [5.74, 6) is -0.109. The quantitative estimate of drug-likeness (QED) is 0.872. The molecule has 0 heterocycles. The van der Waals surface area contributed by atoms with E-state index in [1.165, 1.54) is 12.8 Å². The molecule has 4 heteroatoms. The molecule has 1 aliphatic rings. The minimum atomic E-state index is -0.0548. The van der Waals surface area contributed by atoms with E-state index in [2.05, 4.69) is 5.32 Å². The zero-order valence-electron chi connectivity index (χ0n) is 15.5. The Balaban J connectivity index is 1.72. The van der Waals surface area contributed by atoms with Crippen LogP contribution in [0.25, 0.3) is 0 Å². The summed E-state index contributed by atoms with van der Waals surface area (Å²) in [5, 5.41) is 3.08. The van der Waals surface area contributed by atoms with Crippen LogP contribution in [0.15, 0.2) is 48.5 Å². The predicted octanol–water partition coefficient (Wildman–Crippen LogP) is 4.33. The Labute approximate surface area is 155 Å². The Bertz CT molecular complexity index is 777. The van der Waals surface area contributed by atoms with Crippen LogP contribution in [0.2, 0.25) is 0 Å². The van der Waals surface area contributed by atoms with Crippen LogP contribution < -0.4 is 10.2 Å². The van der Waals surface area contributed by atoms with E-state index in [1.54, 1.807) is 29.2 Å². The molecular formula is C22H26N2O2. The molecule has 4 nitrogen and oxygen atoms in total. The molecule has 3 rings (SSSR count). The molecule has 0 aromatic heterocycles. The van der Waals surface area contributed by atoms with Gasteiger partial charge in [0, 0.05) is 29.4 Å². The van der Waals surface area contributed by atoms with Gasteiger partial charge in [0.15, 0.2) is 0 Å². The second-order valence-electron chi connectivity index (χ2n) is 6.92. The van der Waals surface area contributed by atoms with Crippen molar-refractivity contribution in [3.63, 3.8) is 0 Å². The van der Waals surface area contributed by atoms with Gasteiger partial charge < -0.3 is 10.2 Å². The first kappa shape index (κ1) is 18.2. The summed E-state index contributed by atoms with van der Waals surface area (Å²) < 4.78 is 0. The Morgan fingerprint density at radius 1 is 1.04 bits per heavy atom. The van der Waals surface area contributed by atoms with E-state index in [9.17, 15) is 9.59 Å². The smallest absolute Gasteiger partial charge is 0.258 e. The van der Waals surface area contributed by atoms with Crippen molar-refractivity contribution in [2.45, 2.75) is 45.6 Å². The van der Waals surface area contributed by atoms with E-state index in [1.807, 2.05) is 38.1 Å². The molecule has 0 radical (unpaired) electrons. The molecule has 0 saturated heterocycles. The second kappa shape index (κ2) is 8.17. The highest BCUT2D eigenvalue weighted by Gasteiger charge is 2.19. The Morgan fingerprint density at radius 3 is 2.31 bits per heavy atom. The molecule has 2 aromatic carbocycles. The highest BCUT2D eigenvalue weighted by atomic mass is 16.2. The van der Waals surface area contributed by atoms with Gasteiger partial charge in [-0.3, -0.25) is 9.59 Å². The number of hydrogen-bond acceptors (Lipinski definition) is 2. The minimum absolute atomic E-state index is 0.0538. The van der Waals surface area contributed by atoms with Gasteiger partial charge in [-0.05, 0) is 68.7 Å². The molecule has 0 unspecified atom stereocenters. The van der Waals surface area contributed by atoms with Crippen LogP contribution in [0.5, 0.6) is 0 Å². The van der Waals surface area contributed by atoms with Gasteiger partial charge in [0.25, 0.3) is 11.8 Å². The van der Waals surface area contributed by atoms with Crippen molar-refractivity contribution in [2.75, 3.05) is 11.4 Å². The first-order valence-electron chi connectivity index (χ1n) is 9.38. The summed E-state index contributed by atoms with van der Waals surface area (Å²) in [6.07, 6.45) is 4.49. The van der Waals surface area contributed by atoms with Gasteiger partial charge in [-0.1, -0.05) is 25.0 Å². The van der Waals surface area contributed by atoms with Crippen LogP contribution in [0, 0.1) is 6.92 Å². The molecule has 1 saturated carbocycles. The molecule has 2 aromatic rings. The van der Waals surface area contributed by atoms with Gasteiger partial charge >= 0.3 is 0 Å². The number of aryl methyl sites for hydroxylation is 1. The zero-order chi connectivity index (χ0) is 18.5. The fourth-order valence-corrected chi connectivity index (χ4v) is 3.50. The maximum atomic E-state index is 12.9. The molecule has 2 amide bonds. The van der Waals surface area contributed by atoms with E-state index in [0.717, 1.165) is 24.1 Å². The van der Waals surface area contributed by atoms with E-state index in [4.69, 9.17) is 0 Å². The maximum Gasteiger partial charge on any atom is 0.258 e. The van der Waals surface area contributed by atoms with Gasteiger partial charge in [-0.25, -0.2) is 0 Å². The first-order chi connectivity index (χ1) is 12.6. The number of rotatable bonds is 5. The number of nitrogens with zero attached hydrogens (tertiary/aromatic N) is 1. The monoisotopic (exact) mass is 350 g/mol. The first-order valence-corrected chi connectivity index (χ1v) is 9.38. The number of hydrogen-bond donors (Lipinski definition) is 1. The number of amides is 2. The molecule has 0 atom stereocenters. The Morgan fingerprint density at radius 2 is 1.69 bits per heavy atom. The molecule has 0 aliphatic heterocycles. The average molecular weight is 350 g/mol. The number of anilines is 1. The molecule has 136 valence electrons. The normalized spacial score (nSPS) is 14.2. The summed E-state index contributed by atoms with van der Waals surface area (Å²) in [6.45, 7) is 4.56. The zero-order valence-corrected chi connectivity index (χ0v) is 15.5. The molecule has 1 N–H and O–H groups in total. The lowest BCUT2D eigenvalue weighted by Gasteiger charge is -2.21. The van der Waals surface area contributed by atoms with Crippen LogP contribution >= 0.6 is 0 Å². The molecule has 1 fully saturated rings. The van der Waals surface area contributed by atoms with Crippen molar-refractivity contribution in [1.82, 2.24) is 5.32 Å². The Kier molecular flexibility index (Phi) is 5.71. The van der Waals surface area contributed by atoms with Gasteiger partial charge in [0.05, 0.1) is 0 Å². The number of benzene rings is 2. The third-order valence-corrected chi connectivity index (χ3v) is 4.96. The van der Waals surface area contributed by atoms with Crippen molar-refractivity contribution in [2.24, 2.45) is 0 Å². The van der Waals surface area contributed by atoms with Crippen LogP contribution in [0.1, 0.15) is 58.9 Å². The summed E-state index contributed by atoms with van der Waals surface area (Å²) in [6, 6.07) is 15.2. The van der Waals surface area contributed by atoms with Gasteiger partial charge in [-0.15, -0.1) is 0 Å². The van der Waals surface area contributed by atoms with Crippen LogP contribution in [0.3, 0.4) is 0 Å². The van der Waals surface area contributed by atoms with E-state index in [-0.39, 0.29) is 11.8 Å². The SMILES string of the molecule is CCN(C(=O)c1ccc(C(=O)NC2CCCC2)cc1)c1cccc(C)c1. The Hall–Kier alpha value is -2.62. The fraction of sp³-hybridized carbons (Fsp3) is 0.364. The third kappa shape index (κ3) is 4.13. The van der Waals surface area contributed by atoms with Crippen molar-refractivity contribution in [3.8, 4) is 0 Å². The molecule has 0 spiro atoms. The number of carbonyl (C=O) groups is 2. The minimum Gasteiger partial charge on any atom is -0.349 e. The van der Waals surface area contributed by atoms with Crippen molar-refractivity contribution in [3.05, 3.63) is 65.2 Å². The predicted molar refractivity (Wildman–Crippen MR) is 105 cm³/mol. The highest BCUT2D eigenvalue weighted by Crippen LogP contribution is 2.20. The lowest BCUT2D eigenvalue weighted by atomic mass is 10.1. The summed E-state index contributed by atoms with van der Waals surface area (Å²) in [7, 11) is 0. The summed E-state index contributed by atoms with van der Waals surface area (Å²) >= 11 is 0. The molecular weight excluding hydrogens is 324 g/mol. The standard InChI is InChI=1S/C22H26N2O2/c1-3-24(20-10-6-7-16(2)15-20)22(26)18-13-11-17(12-14-18)21(25)23-19-8-4-5-9-19/h6-7,10-15,19H,3-5,8-9H2,1-2H3,(H,23,25). The van der Waals surface area contributed by atoms with Crippen LogP contribution in [-0.2, 0) is 0 Å². The van der Waals surface area contributed by atoms with E-state index < -0.39 is 0 Å². The lowest BCUT2D eigenvalue weighted by molar-refractivity contribution is 0.0935. The van der Waals surface area contributed by atoms with Crippen LogP contribution in [-0.4, -0.2) is 24.4 Å². The third-order valence-electron chi connectivity index (χ3n) is 4.96. The maximum absolute atomic E-state index is 12.9. The largest absolute Gasteiger partial charge is 0.349 e. The second-order valence-corrected chi connectivity index (χ2v) is 6.92. The van der Waals surface area contributed by atoms with Crippen molar-refractivity contribution < 1.29 is 9.59 Å². The fourth-order valence-electron chi connectivity index (χ4n) is 3.50. The van der Waals surface area contributed by atoms with Crippen LogP contribution in [0.4, 0.5) is 5.69 Å². The lowest BCUT2D eigenvalue weighted by Crippen LogP contribution is -2.33. The van der Waals surface area contributed by atoms with Gasteiger partial charge in [0.1, 0.15) is 0 Å². The topological polar surface area (TPSA) is 49.4 Å². The number of nitrogens with one attached hydrogen (secondary N) is 1. The van der Waals surface area contributed by atoms with E-state index >= 15 is 0 Å². The van der Waals surface area contributed by atoms with Crippen molar-refractivity contribution >= 4 is 17.5 Å². The summed E-state index contributed by atoms with van der Waals surface area (Å²) in [5.41, 5.74) is 3.20. The summed E-state index contributed by atoms with van der Waals surface area (Å²) in [4.78, 5) is 26.9. The molecule has 1 aliphatic carbocycles.